The maximum atomic E-state index is 11.9. The van der Waals surface area contributed by atoms with Crippen LogP contribution in [0.15, 0.2) is 46.7 Å². The zero-order valence-electron chi connectivity index (χ0n) is 12.1. The molecule has 1 heterocycles. The number of hydrogen-bond donors (Lipinski definition) is 1. The molecule has 0 saturated heterocycles. The molecule has 0 aliphatic carbocycles. The van der Waals surface area contributed by atoms with Crippen molar-refractivity contribution < 1.29 is 17.9 Å². The zero-order chi connectivity index (χ0) is 16.0. The molecule has 1 aromatic carbocycles. The number of carbonyl (C=O) groups is 1. The first kappa shape index (κ1) is 16.7. The molecular formula is C15H17NO4S2. The second-order valence-corrected chi connectivity index (χ2v) is 7.88. The largest absolute Gasteiger partial charge is 0.376 e. The Labute approximate surface area is 134 Å². The van der Waals surface area contributed by atoms with Crippen LogP contribution < -0.4 is 4.72 Å². The van der Waals surface area contributed by atoms with Gasteiger partial charge in [-0.2, -0.15) is 0 Å². The fraction of sp³-hybridized carbons (Fsp3) is 0.267. The van der Waals surface area contributed by atoms with Gasteiger partial charge in [-0.1, -0.05) is 30.3 Å². The molecule has 2 rings (SSSR count). The number of benzene rings is 1. The zero-order valence-corrected chi connectivity index (χ0v) is 13.7. The van der Waals surface area contributed by atoms with Crippen molar-refractivity contribution in [2.24, 2.45) is 0 Å². The van der Waals surface area contributed by atoms with Gasteiger partial charge in [-0.3, -0.25) is 4.79 Å². The Morgan fingerprint density at radius 1 is 1.18 bits per heavy atom. The van der Waals surface area contributed by atoms with Gasteiger partial charge >= 0.3 is 0 Å². The van der Waals surface area contributed by atoms with Gasteiger partial charge in [0.2, 0.25) is 5.91 Å². The van der Waals surface area contributed by atoms with Crippen molar-refractivity contribution in [2.45, 2.75) is 24.2 Å². The molecule has 22 heavy (non-hydrogen) atoms. The minimum absolute atomic E-state index is 0.00355. The van der Waals surface area contributed by atoms with Crippen LogP contribution in [0.5, 0.6) is 0 Å². The number of aryl methyl sites for hydroxylation is 1. The highest BCUT2D eigenvalue weighted by atomic mass is 32.2. The first-order valence-electron chi connectivity index (χ1n) is 6.71. The van der Waals surface area contributed by atoms with Crippen LogP contribution in [0.25, 0.3) is 0 Å². The van der Waals surface area contributed by atoms with Crippen LogP contribution in [-0.4, -0.2) is 20.9 Å². The molecule has 0 aliphatic heterocycles. The summed E-state index contributed by atoms with van der Waals surface area (Å²) in [6.45, 7) is 2.37. The highest BCUT2D eigenvalue weighted by molar-refractivity contribution is 7.92. The molecule has 118 valence electrons. The topological polar surface area (TPSA) is 72.5 Å². The van der Waals surface area contributed by atoms with Gasteiger partial charge in [-0.25, -0.2) is 13.1 Å². The van der Waals surface area contributed by atoms with E-state index >= 15 is 0 Å². The Balaban J connectivity index is 1.76. The molecule has 2 aromatic rings. The minimum atomic E-state index is -3.76. The van der Waals surface area contributed by atoms with Crippen LogP contribution in [0.4, 0.5) is 0 Å². The number of carbonyl (C=O) groups excluding carboxylic acids is 1. The minimum Gasteiger partial charge on any atom is -0.376 e. The fourth-order valence-electron chi connectivity index (χ4n) is 1.74. The van der Waals surface area contributed by atoms with E-state index in [1.807, 2.05) is 42.0 Å². The second kappa shape index (κ2) is 7.53. The van der Waals surface area contributed by atoms with Crippen LogP contribution in [0.3, 0.4) is 0 Å². The van der Waals surface area contributed by atoms with Crippen molar-refractivity contribution in [2.75, 3.05) is 6.61 Å². The summed E-state index contributed by atoms with van der Waals surface area (Å²) >= 11 is 1.13. The first-order chi connectivity index (χ1) is 10.5. The highest BCUT2D eigenvalue weighted by Gasteiger charge is 2.19. The van der Waals surface area contributed by atoms with E-state index in [0.29, 0.717) is 6.61 Å². The normalized spacial score (nSPS) is 11.3. The first-order valence-corrected chi connectivity index (χ1v) is 9.01. The third-order valence-corrected chi connectivity index (χ3v) is 5.68. The standard InChI is InChI=1S/C15H17NO4S2/c1-12-7-8-15(21-12)22(18,19)16-14(17)9-10-20-11-13-5-3-2-4-6-13/h2-8H,9-11H2,1H3,(H,16,17). The lowest BCUT2D eigenvalue weighted by atomic mass is 10.2. The Hall–Kier alpha value is -1.70. The number of hydrogen-bond acceptors (Lipinski definition) is 5. The molecule has 0 spiro atoms. The second-order valence-electron chi connectivity index (χ2n) is 4.68. The number of ether oxygens (including phenoxy) is 1. The third-order valence-electron chi connectivity index (χ3n) is 2.81. The predicted octanol–water partition coefficient (Wildman–Crippen LogP) is 2.47. The van der Waals surface area contributed by atoms with Gasteiger partial charge in [0, 0.05) is 4.88 Å². The van der Waals surface area contributed by atoms with E-state index in [9.17, 15) is 13.2 Å². The molecule has 0 saturated carbocycles. The average Bonchev–Trinajstić information content (AvgIpc) is 2.92. The van der Waals surface area contributed by atoms with Crippen LogP contribution >= 0.6 is 11.3 Å². The van der Waals surface area contributed by atoms with E-state index in [4.69, 9.17) is 4.74 Å². The molecule has 0 unspecified atom stereocenters. The number of sulfonamides is 1. The van der Waals surface area contributed by atoms with Crippen molar-refractivity contribution in [1.29, 1.82) is 0 Å². The molecule has 7 heteroatoms. The summed E-state index contributed by atoms with van der Waals surface area (Å²) in [5, 5.41) is 0. The molecule has 5 nitrogen and oxygen atoms in total. The van der Waals surface area contributed by atoms with Crippen molar-refractivity contribution in [3.05, 3.63) is 52.9 Å². The van der Waals surface area contributed by atoms with Gasteiger partial charge in [0.05, 0.1) is 19.6 Å². The molecule has 0 atom stereocenters. The van der Waals surface area contributed by atoms with Gasteiger partial charge in [-0.15, -0.1) is 11.3 Å². The number of rotatable bonds is 7. The summed E-state index contributed by atoms with van der Waals surface area (Å²) in [6, 6.07) is 12.7. The van der Waals surface area contributed by atoms with E-state index in [2.05, 4.69) is 0 Å². The predicted molar refractivity (Wildman–Crippen MR) is 85.1 cm³/mol. The summed E-state index contributed by atoms with van der Waals surface area (Å²) in [7, 11) is -3.76. The molecule has 1 amide bonds. The lowest BCUT2D eigenvalue weighted by Gasteiger charge is -2.06. The quantitative estimate of drug-likeness (QED) is 0.787. The summed E-state index contributed by atoms with van der Waals surface area (Å²) < 4.78 is 31.4. The maximum absolute atomic E-state index is 11.9. The van der Waals surface area contributed by atoms with E-state index in [1.165, 1.54) is 6.07 Å². The number of thiophene rings is 1. The Morgan fingerprint density at radius 2 is 1.91 bits per heavy atom. The van der Waals surface area contributed by atoms with Gasteiger partial charge in [-0.05, 0) is 24.6 Å². The Bertz CT molecular complexity index is 723. The van der Waals surface area contributed by atoms with Crippen molar-refractivity contribution >= 4 is 27.3 Å². The molecule has 0 aliphatic rings. The molecule has 1 N–H and O–H groups in total. The van der Waals surface area contributed by atoms with Crippen LogP contribution in [0.1, 0.15) is 16.9 Å². The fourth-order valence-corrected chi connectivity index (χ4v) is 4.03. The van der Waals surface area contributed by atoms with Gasteiger partial charge in [0.15, 0.2) is 0 Å². The summed E-state index contributed by atoms with van der Waals surface area (Å²) in [4.78, 5) is 12.6. The summed E-state index contributed by atoms with van der Waals surface area (Å²) in [5.41, 5.74) is 1.00. The van der Waals surface area contributed by atoms with E-state index in [0.717, 1.165) is 21.8 Å². The third kappa shape index (κ3) is 4.94. The van der Waals surface area contributed by atoms with Crippen molar-refractivity contribution in [3.63, 3.8) is 0 Å². The van der Waals surface area contributed by atoms with E-state index < -0.39 is 15.9 Å². The monoisotopic (exact) mass is 339 g/mol. The Morgan fingerprint density at radius 3 is 2.55 bits per heavy atom. The van der Waals surface area contributed by atoms with Crippen LogP contribution in [0, 0.1) is 6.92 Å². The lowest BCUT2D eigenvalue weighted by molar-refractivity contribution is -0.120. The molecule has 0 fully saturated rings. The van der Waals surface area contributed by atoms with Crippen LogP contribution in [-0.2, 0) is 26.2 Å². The molecular weight excluding hydrogens is 322 g/mol. The Kier molecular flexibility index (Phi) is 5.70. The van der Waals surface area contributed by atoms with E-state index in [1.54, 1.807) is 6.07 Å². The lowest BCUT2D eigenvalue weighted by Crippen LogP contribution is -2.30. The number of nitrogens with one attached hydrogen (secondary N) is 1. The molecule has 0 radical (unpaired) electrons. The SMILES string of the molecule is Cc1ccc(S(=O)(=O)NC(=O)CCOCc2ccccc2)s1. The average molecular weight is 339 g/mol. The van der Waals surface area contributed by atoms with Gasteiger partial charge in [0.25, 0.3) is 10.0 Å². The van der Waals surface area contributed by atoms with Crippen molar-refractivity contribution in [1.82, 2.24) is 4.72 Å². The smallest absolute Gasteiger partial charge is 0.273 e. The molecule has 1 aromatic heterocycles. The maximum Gasteiger partial charge on any atom is 0.273 e. The van der Waals surface area contributed by atoms with Gasteiger partial charge < -0.3 is 4.74 Å². The molecule has 0 bridgehead atoms. The summed E-state index contributed by atoms with van der Waals surface area (Å²) in [6.07, 6.45) is -0.00355. The van der Waals surface area contributed by atoms with E-state index in [-0.39, 0.29) is 17.2 Å². The van der Waals surface area contributed by atoms with Crippen LogP contribution in [0.2, 0.25) is 0 Å². The highest BCUT2D eigenvalue weighted by Crippen LogP contribution is 2.20. The summed E-state index contributed by atoms with van der Waals surface area (Å²) in [5.74, 6) is -0.570. The number of amides is 1. The van der Waals surface area contributed by atoms with Gasteiger partial charge in [0.1, 0.15) is 4.21 Å². The van der Waals surface area contributed by atoms with Crippen molar-refractivity contribution in [3.8, 4) is 0 Å².